The number of benzene rings is 1. The van der Waals surface area contributed by atoms with E-state index in [1.807, 2.05) is 0 Å². The van der Waals surface area contributed by atoms with Crippen molar-refractivity contribution in [3.8, 4) is 0 Å². The van der Waals surface area contributed by atoms with Crippen LogP contribution >= 0.6 is 0 Å². The monoisotopic (exact) mass is 338 g/mol. The third kappa shape index (κ3) is 7.08. The third-order valence-electron chi connectivity index (χ3n) is 2.99. The molecule has 1 atom stereocenters. The predicted molar refractivity (Wildman–Crippen MR) is 86.6 cm³/mol. The van der Waals surface area contributed by atoms with E-state index in [0.717, 1.165) is 5.56 Å². The van der Waals surface area contributed by atoms with Crippen LogP contribution < -0.4 is 5.32 Å². The topological polar surface area (TPSA) is 108 Å². The van der Waals surface area contributed by atoms with Gasteiger partial charge in [-0.05, 0) is 32.8 Å². The van der Waals surface area contributed by atoms with E-state index in [-0.39, 0.29) is 12.1 Å². The minimum atomic E-state index is -0.659. The molecule has 0 radical (unpaired) electrons. The number of rotatable bonds is 6. The SMILES string of the molecule is COC(=O)C[C@@H](Cc1ccc([N+](=O)[O-])cc1)NC(=O)OC(C)(C)C. The zero-order chi connectivity index (χ0) is 18.3. The summed E-state index contributed by atoms with van der Waals surface area (Å²) in [5, 5.41) is 13.3. The number of carbonyl (C=O) groups excluding carboxylic acids is 2. The van der Waals surface area contributed by atoms with Crippen molar-refractivity contribution < 1.29 is 24.0 Å². The average Bonchev–Trinajstić information content (AvgIpc) is 2.45. The Labute approximate surface area is 140 Å². The number of nitro benzene ring substituents is 1. The Morgan fingerprint density at radius 1 is 1.25 bits per heavy atom. The Bertz CT molecular complexity index is 592. The van der Waals surface area contributed by atoms with Crippen molar-refractivity contribution in [2.24, 2.45) is 0 Å². The lowest BCUT2D eigenvalue weighted by atomic mass is 10.0. The van der Waals surface area contributed by atoms with Gasteiger partial charge in [0.1, 0.15) is 5.60 Å². The fourth-order valence-corrected chi connectivity index (χ4v) is 1.97. The van der Waals surface area contributed by atoms with Crippen LogP contribution in [-0.2, 0) is 20.7 Å². The van der Waals surface area contributed by atoms with Crippen LogP contribution in [0.4, 0.5) is 10.5 Å². The molecule has 0 aliphatic carbocycles. The molecule has 24 heavy (non-hydrogen) atoms. The van der Waals surface area contributed by atoms with Crippen molar-refractivity contribution >= 4 is 17.7 Å². The first-order valence-corrected chi connectivity index (χ1v) is 7.40. The van der Waals surface area contributed by atoms with Gasteiger partial charge >= 0.3 is 12.1 Å². The molecule has 0 unspecified atom stereocenters. The summed E-state index contributed by atoms with van der Waals surface area (Å²) in [5.41, 5.74) is 0.0571. The second-order valence-electron chi connectivity index (χ2n) is 6.25. The van der Waals surface area contributed by atoms with Gasteiger partial charge in [-0.1, -0.05) is 12.1 Å². The number of methoxy groups -OCH3 is 1. The molecule has 1 N–H and O–H groups in total. The Balaban J connectivity index is 2.79. The zero-order valence-electron chi connectivity index (χ0n) is 14.2. The number of carbonyl (C=O) groups is 2. The first kappa shape index (κ1) is 19.4. The highest BCUT2D eigenvalue weighted by Crippen LogP contribution is 2.15. The molecule has 1 amide bonds. The smallest absolute Gasteiger partial charge is 0.407 e. The number of amides is 1. The molecule has 0 aliphatic rings. The quantitative estimate of drug-likeness (QED) is 0.485. The molecule has 1 aromatic rings. The lowest BCUT2D eigenvalue weighted by Gasteiger charge is -2.23. The fourth-order valence-electron chi connectivity index (χ4n) is 1.97. The summed E-state index contributed by atoms with van der Waals surface area (Å²) in [5.74, 6) is -0.474. The molecule has 0 saturated heterocycles. The number of nitrogens with zero attached hydrogens (tertiary/aromatic N) is 1. The van der Waals surface area contributed by atoms with Crippen molar-refractivity contribution in [3.05, 3.63) is 39.9 Å². The van der Waals surface area contributed by atoms with Crippen LogP contribution in [0.15, 0.2) is 24.3 Å². The van der Waals surface area contributed by atoms with Crippen LogP contribution in [0, 0.1) is 10.1 Å². The van der Waals surface area contributed by atoms with Gasteiger partial charge in [0.2, 0.25) is 0 Å². The maximum absolute atomic E-state index is 11.9. The van der Waals surface area contributed by atoms with E-state index < -0.39 is 28.6 Å². The molecule has 0 heterocycles. The zero-order valence-corrected chi connectivity index (χ0v) is 14.2. The van der Waals surface area contributed by atoms with Crippen LogP contribution in [-0.4, -0.2) is 35.7 Å². The van der Waals surface area contributed by atoms with Crippen LogP contribution in [0.1, 0.15) is 32.8 Å². The summed E-state index contributed by atoms with van der Waals surface area (Å²) in [6.45, 7) is 5.20. The van der Waals surface area contributed by atoms with E-state index in [4.69, 9.17) is 4.74 Å². The maximum Gasteiger partial charge on any atom is 0.407 e. The van der Waals surface area contributed by atoms with Gasteiger partial charge < -0.3 is 14.8 Å². The molecule has 0 aliphatic heterocycles. The number of ether oxygens (including phenoxy) is 2. The molecule has 8 nitrogen and oxygen atoms in total. The Morgan fingerprint density at radius 2 is 1.83 bits per heavy atom. The first-order valence-electron chi connectivity index (χ1n) is 7.40. The number of esters is 1. The normalized spacial score (nSPS) is 12.2. The van der Waals surface area contributed by atoms with E-state index in [1.165, 1.54) is 19.2 Å². The molecule has 0 saturated carbocycles. The number of alkyl carbamates (subject to hydrolysis) is 1. The Kier molecular flexibility index (Phi) is 6.69. The van der Waals surface area contributed by atoms with Crippen molar-refractivity contribution in [2.75, 3.05) is 7.11 Å². The summed E-state index contributed by atoms with van der Waals surface area (Å²) >= 11 is 0. The molecular formula is C16H22N2O6. The van der Waals surface area contributed by atoms with E-state index in [0.29, 0.717) is 6.42 Å². The van der Waals surface area contributed by atoms with E-state index in [1.54, 1.807) is 32.9 Å². The second kappa shape index (κ2) is 8.28. The number of nitrogens with one attached hydrogen (secondary N) is 1. The summed E-state index contributed by atoms with van der Waals surface area (Å²) in [4.78, 5) is 33.6. The number of hydrogen-bond acceptors (Lipinski definition) is 6. The van der Waals surface area contributed by atoms with Crippen molar-refractivity contribution in [1.29, 1.82) is 0 Å². The molecule has 1 rings (SSSR count). The summed E-state index contributed by atoms with van der Waals surface area (Å²) in [7, 11) is 1.26. The number of hydrogen-bond donors (Lipinski definition) is 1. The van der Waals surface area contributed by atoms with Gasteiger partial charge in [-0.15, -0.1) is 0 Å². The highest BCUT2D eigenvalue weighted by Gasteiger charge is 2.22. The highest BCUT2D eigenvalue weighted by atomic mass is 16.6. The van der Waals surface area contributed by atoms with Gasteiger partial charge in [0, 0.05) is 18.2 Å². The summed E-state index contributed by atoms with van der Waals surface area (Å²) in [6.07, 6.45) is -0.364. The van der Waals surface area contributed by atoms with Crippen LogP contribution in [0.2, 0.25) is 0 Å². The van der Waals surface area contributed by atoms with Gasteiger partial charge in [-0.3, -0.25) is 14.9 Å². The summed E-state index contributed by atoms with van der Waals surface area (Å²) < 4.78 is 9.81. The molecule has 0 fully saturated rings. The first-order chi connectivity index (χ1) is 11.1. The standard InChI is InChI=1S/C16H22N2O6/c1-16(2,3)24-15(20)17-12(10-14(19)23-4)9-11-5-7-13(8-6-11)18(21)22/h5-8,12H,9-10H2,1-4H3,(H,17,20)/t12-/m1/s1. The maximum atomic E-state index is 11.9. The lowest BCUT2D eigenvalue weighted by molar-refractivity contribution is -0.384. The molecule has 0 spiro atoms. The Morgan fingerprint density at radius 3 is 2.29 bits per heavy atom. The van der Waals surface area contributed by atoms with Gasteiger partial charge in [0.05, 0.1) is 18.5 Å². The van der Waals surface area contributed by atoms with Crippen LogP contribution in [0.25, 0.3) is 0 Å². The van der Waals surface area contributed by atoms with Crippen LogP contribution in [0.5, 0.6) is 0 Å². The lowest BCUT2D eigenvalue weighted by Crippen LogP contribution is -2.41. The van der Waals surface area contributed by atoms with Crippen molar-refractivity contribution in [2.45, 2.75) is 45.3 Å². The molecule has 132 valence electrons. The van der Waals surface area contributed by atoms with E-state index >= 15 is 0 Å². The van der Waals surface area contributed by atoms with Crippen molar-refractivity contribution in [3.63, 3.8) is 0 Å². The fraction of sp³-hybridized carbons (Fsp3) is 0.500. The molecule has 0 bridgehead atoms. The number of non-ortho nitro benzene ring substituents is 1. The minimum absolute atomic E-state index is 0.0247. The second-order valence-corrected chi connectivity index (χ2v) is 6.25. The summed E-state index contributed by atoms with van der Waals surface area (Å²) in [6, 6.07) is 5.36. The Hall–Kier alpha value is -2.64. The largest absolute Gasteiger partial charge is 0.469 e. The van der Waals surface area contributed by atoms with Gasteiger partial charge in [0.25, 0.3) is 5.69 Å². The highest BCUT2D eigenvalue weighted by molar-refractivity contribution is 5.73. The van der Waals surface area contributed by atoms with Crippen molar-refractivity contribution in [1.82, 2.24) is 5.32 Å². The van der Waals surface area contributed by atoms with E-state index in [2.05, 4.69) is 10.1 Å². The van der Waals surface area contributed by atoms with E-state index in [9.17, 15) is 19.7 Å². The molecule has 1 aromatic carbocycles. The molecule has 8 heteroatoms. The molecule has 0 aromatic heterocycles. The van der Waals surface area contributed by atoms with Gasteiger partial charge in [-0.2, -0.15) is 0 Å². The third-order valence-corrected chi connectivity index (χ3v) is 2.99. The van der Waals surface area contributed by atoms with Gasteiger partial charge in [-0.25, -0.2) is 4.79 Å². The predicted octanol–water partition coefficient (Wildman–Crippen LogP) is 2.59. The molecular weight excluding hydrogens is 316 g/mol. The van der Waals surface area contributed by atoms with Crippen LogP contribution in [0.3, 0.4) is 0 Å². The average molecular weight is 338 g/mol. The number of nitro groups is 1. The minimum Gasteiger partial charge on any atom is -0.469 e. The van der Waals surface area contributed by atoms with Gasteiger partial charge in [0.15, 0.2) is 0 Å².